The minimum atomic E-state index is -0.510. The molecule has 2 rings (SSSR count). The van der Waals surface area contributed by atoms with E-state index in [2.05, 4.69) is 27.6 Å². The van der Waals surface area contributed by atoms with Gasteiger partial charge in [-0.1, -0.05) is 0 Å². The Hall–Kier alpha value is -2.22. The summed E-state index contributed by atoms with van der Waals surface area (Å²) in [7, 11) is 2.09. The van der Waals surface area contributed by atoms with Gasteiger partial charge < -0.3 is 15.5 Å². The molecule has 0 radical (unpaired) electrons. The number of aromatic nitrogens is 1. The van der Waals surface area contributed by atoms with Crippen LogP contribution in [0.25, 0.3) is 0 Å². The summed E-state index contributed by atoms with van der Waals surface area (Å²) in [4.78, 5) is 28.4. The molecule has 0 bridgehead atoms. The molecule has 0 saturated carbocycles. The molecule has 8 heteroatoms. The lowest BCUT2D eigenvalue weighted by molar-refractivity contribution is -0.385. The van der Waals surface area contributed by atoms with Crippen LogP contribution >= 0.6 is 0 Å². The molecule has 1 aliphatic rings. The van der Waals surface area contributed by atoms with E-state index in [9.17, 15) is 14.9 Å². The molecule has 0 aliphatic carbocycles. The van der Waals surface area contributed by atoms with Crippen LogP contribution in [0.5, 0.6) is 0 Å². The van der Waals surface area contributed by atoms with Crippen LogP contribution in [-0.4, -0.2) is 47.5 Å². The summed E-state index contributed by atoms with van der Waals surface area (Å²) in [6.45, 7) is 4.26. The predicted octanol–water partition coefficient (Wildman–Crippen LogP) is 1.76. The first-order valence-corrected chi connectivity index (χ1v) is 7.30. The van der Waals surface area contributed by atoms with Crippen LogP contribution in [0.4, 0.5) is 16.2 Å². The topological polar surface area (TPSA) is 100 Å². The highest BCUT2D eigenvalue weighted by atomic mass is 16.6. The number of nitrogens with one attached hydrogen (secondary N) is 2. The molecular weight excluding hydrogens is 286 g/mol. The van der Waals surface area contributed by atoms with Crippen LogP contribution < -0.4 is 10.6 Å². The van der Waals surface area contributed by atoms with Gasteiger partial charge in [-0.05, 0) is 45.8 Å². The third-order valence-electron chi connectivity index (χ3n) is 3.90. The number of piperidine rings is 1. The first kappa shape index (κ1) is 16.2. The van der Waals surface area contributed by atoms with Gasteiger partial charge in [-0.15, -0.1) is 0 Å². The minimum absolute atomic E-state index is 0.104. The van der Waals surface area contributed by atoms with Crippen molar-refractivity contribution in [1.29, 1.82) is 0 Å². The van der Waals surface area contributed by atoms with Crippen LogP contribution in [-0.2, 0) is 0 Å². The van der Waals surface area contributed by atoms with E-state index in [4.69, 9.17) is 0 Å². The molecular formula is C14H21N5O3. The van der Waals surface area contributed by atoms with Crippen molar-refractivity contribution in [3.63, 3.8) is 0 Å². The van der Waals surface area contributed by atoms with Crippen LogP contribution in [0.3, 0.4) is 0 Å². The second-order valence-corrected chi connectivity index (χ2v) is 5.67. The van der Waals surface area contributed by atoms with Crippen LogP contribution in [0, 0.1) is 23.0 Å². The first-order chi connectivity index (χ1) is 10.5. The summed E-state index contributed by atoms with van der Waals surface area (Å²) in [6, 6.07) is 0.955. The average Bonchev–Trinajstić information content (AvgIpc) is 2.48. The van der Waals surface area contributed by atoms with Crippen LogP contribution in [0.1, 0.15) is 18.5 Å². The van der Waals surface area contributed by atoms with E-state index in [0.29, 0.717) is 23.8 Å². The largest absolute Gasteiger partial charge is 0.338 e. The number of likely N-dealkylation sites (tertiary alicyclic amines) is 1. The molecule has 1 fully saturated rings. The van der Waals surface area contributed by atoms with E-state index >= 15 is 0 Å². The highest BCUT2D eigenvalue weighted by Crippen LogP contribution is 2.20. The maximum absolute atomic E-state index is 11.9. The average molecular weight is 307 g/mol. The maximum atomic E-state index is 11.9. The lowest BCUT2D eigenvalue weighted by Crippen LogP contribution is -2.38. The Morgan fingerprint density at radius 3 is 2.82 bits per heavy atom. The fourth-order valence-corrected chi connectivity index (χ4v) is 2.45. The van der Waals surface area contributed by atoms with Crippen molar-refractivity contribution < 1.29 is 9.72 Å². The number of anilines is 1. The fraction of sp³-hybridized carbons (Fsp3) is 0.571. The lowest BCUT2D eigenvalue weighted by atomic mass is 9.97. The van der Waals surface area contributed by atoms with Crippen molar-refractivity contribution in [1.82, 2.24) is 15.2 Å². The molecule has 120 valence electrons. The molecule has 0 aromatic carbocycles. The molecule has 1 saturated heterocycles. The van der Waals surface area contributed by atoms with E-state index < -0.39 is 4.92 Å². The van der Waals surface area contributed by atoms with Crippen molar-refractivity contribution >= 4 is 17.4 Å². The van der Waals surface area contributed by atoms with Crippen LogP contribution in [0.15, 0.2) is 12.3 Å². The maximum Gasteiger partial charge on any atom is 0.319 e. The van der Waals surface area contributed by atoms with Crippen molar-refractivity contribution in [3.8, 4) is 0 Å². The van der Waals surface area contributed by atoms with Crippen molar-refractivity contribution in [2.75, 3.05) is 32.0 Å². The highest BCUT2D eigenvalue weighted by Gasteiger charge is 2.18. The number of hydrogen-bond donors (Lipinski definition) is 2. The van der Waals surface area contributed by atoms with Gasteiger partial charge in [0.25, 0.3) is 5.69 Å². The van der Waals surface area contributed by atoms with E-state index in [1.807, 2.05) is 0 Å². The Morgan fingerprint density at radius 2 is 2.18 bits per heavy atom. The highest BCUT2D eigenvalue weighted by molar-refractivity contribution is 5.89. The summed E-state index contributed by atoms with van der Waals surface area (Å²) in [5.41, 5.74) is 0.536. The second-order valence-electron chi connectivity index (χ2n) is 5.67. The molecule has 2 N–H and O–H groups in total. The van der Waals surface area contributed by atoms with Gasteiger partial charge in [0.2, 0.25) is 0 Å². The van der Waals surface area contributed by atoms with Gasteiger partial charge in [0.1, 0.15) is 5.69 Å². The molecule has 2 amide bonds. The number of urea groups is 1. The van der Waals surface area contributed by atoms with E-state index in [1.165, 1.54) is 12.3 Å². The Morgan fingerprint density at radius 1 is 1.50 bits per heavy atom. The Bertz CT molecular complexity index is 555. The monoisotopic (exact) mass is 307 g/mol. The molecule has 0 atom stereocenters. The molecule has 0 unspecified atom stereocenters. The quantitative estimate of drug-likeness (QED) is 0.652. The smallest absolute Gasteiger partial charge is 0.319 e. The van der Waals surface area contributed by atoms with Gasteiger partial charge in [0.05, 0.1) is 16.8 Å². The van der Waals surface area contributed by atoms with Crippen molar-refractivity contribution in [2.24, 2.45) is 5.92 Å². The zero-order chi connectivity index (χ0) is 16.1. The number of carbonyl (C=O) groups is 1. The number of hydrogen-bond acceptors (Lipinski definition) is 5. The number of rotatable bonds is 4. The predicted molar refractivity (Wildman–Crippen MR) is 82.9 cm³/mol. The van der Waals surface area contributed by atoms with Gasteiger partial charge in [-0.3, -0.25) is 15.1 Å². The summed E-state index contributed by atoms with van der Waals surface area (Å²) < 4.78 is 0. The molecule has 1 aromatic heterocycles. The summed E-state index contributed by atoms with van der Waals surface area (Å²) in [5.74, 6) is 0.479. The number of aryl methyl sites for hydroxylation is 1. The Labute approximate surface area is 129 Å². The Balaban J connectivity index is 1.84. The van der Waals surface area contributed by atoms with Gasteiger partial charge in [-0.2, -0.15) is 0 Å². The number of pyridine rings is 1. The first-order valence-electron chi connectivity index (χ1n) is 7.30. The third kappa shape index (κ3) is 4.39. The SMILES string of the molecule is Cc1ncc(NC(=O)NCC2CCN(C)CC2)cc1[N+](=O)[O-]. The van der Waals surface area contributed by atoms with E-state index in [0.717, 1.165) is 25.9 Å². The van der Waals surface area contributed by atoms with Crippen molar-refractivity contribution in [2.45, 2.75) is 19.8 Å². The summed E-state index contributed by atoms with van der Waals surface area (Å²) in [6.07, 6.45) is 3.54. The second kappa shape index (κ2) is 7.17. The summed E-state index contributed by atoms with van der Waals surface area (Å²) in [5, 5.41) is 16.2. The van der Waals surface area contributed by atoms with Gasteiger partial charge in [0, 0.05) is 12.6 Å². The normalized spacial score (nSPS) is 16.3. The fourth-order valence-electron chi connectivity index (χ4n) is 2.45. The summed E-state index contributed by atoms with van der Waals surface area (Å²) >= 11 is 0. The molecule has 0 spiro atoms. The number of nitrogens with zero attached hydrogens (tertiary/aromatic N) is 3. The van der Waals surface area contributed by atoms with Gasteiger partial charge >= 0.3 is 6.03 Å². The zero-order valence-electron chi connectivity index (χ0n) is 12.8. The lowest BCUT2D eigenvalue weighted by Gasteiger charge is -2.28. The number of carbonyl (C=O) groups excluding carboxylic acids is 1. The molecule has 1 aliphatic heterocycles. The van der Waals surface area contributed by atoms with E-state index in [1.54, 1.807) is 6.92 Å². The Kier molecular flexibility index (Phi) is 5.26. The zero-order valence-corrected chi connectivity index (χ0v) is 12.8. The van der Waals surface area contributed by atoms with Crippen molar-refractivity contribution in [3.05, 3.63) is 28.1 Å². The van der Waals surface area contributed by atoms with Gasteiger partial charge in [-0.25, -0.2) is 4.79 Å². The molecule has 22 heavy (non-hydrogen) atoms. The molecule has 1 aromatic rings. The molecule has 2 heterocycles. The third-order valence-corrected chi connectivity index (χ3v) is 3.90. The van der Waals surface area contributed by atoms with E-state index in [-0.39, 0.29) is 11.7 Å². The van der Waals surface area contributed by atoms with Crippen LogP contribution in [0.2, 0.25) is 0 Å². The number of amides is 2. The van der Waals surface area contributed by atoms with Gasteiger partial charge in [0.15, 0.2) is 0 Å². The number of nitro groups is 1. The standard InChI is InChI=1S/C14H21N5O3/c1-10-13(19(21)22)7-12(9-15-10)17-14(20)16-8-11-3-5-18(2)6-4-11/h7,9,11H,3-6,8H2,1-2H3,(H2,16,17,20). The minimum Gasteiger partial charge on any atom is -0.338 e. The molecule has 8 nitrogen and oxygen atoms in total.